The molecule has 140 valence electrons. The van der Waals surface area contributed by atoms with Crippen LogP contribution in [0.4, 0.5) is 11.4 Å². The van der Waals surface area contributed by atoms with Gasteiger partial charge < -0.3 is 14.8 Å². The minimum absolute atomic E-state index is 0.00895. The van der Waals surface area contributed by atoms with Crippen LogP contribution < -0.4 is 15.4 Å². The molecule has 3 aromatic rings. The van der Waals surface area contributed by atoms with Gasteiger partial charge in [-0.25, -0.2) is 0 Å². The second kappa shape index (κ2) is 7.10. The Labute approximate surface area is 160 Å². The molecule has 1 aromatic heterocycles. The summed E-state index contributed by atoms with van der Waals surface area (Å²) in [7, 11) is 2.19. The van der Waals surface area contributed by atoms with Gasteiger partial charge in [0.2, 0.25) is 0 Å². The number of aromatic nitrogens is 1. The number of rotatable bonds is 3. The summed E-state index contributed by atoms with van der Waals surface area (Å²) in [5.74, 6) is 0. The van der Waals surface area contributed by atoms with Crippen LogP contribution in [-0.4, -0.2) is 31.2 Å². The lowest BCUT2D eigenvalue weighted by atomic mass is 10.0. The standard InChI is InChI=1S/C23H27N3O/c1-16-8-9-20(14-17(16)2)25(3)19-10-12-26(13-11-19)22-15-18-6-4-5-7-21(18)24-23(22)27/h4-9,14-15,19H,10-13H2,1-3H3,(H,24,27). The predicted octanol–water partition coefficient (Wildman–Crippen LogP) is 4.25. The summed E-state index contributed by atoms with van der Waals surface area (Å²) >= 11 is 0. The number of nitrogens with one attached hydrogen (secondary N) is 1. The first-order chi connectivity index (χ1) is 13.0. The van der Waals surface area contributed by atoms with Gasteiger partial charge in [-0.15, -0.1) is 0 Å². The van der Waals surface area contributed by atoms with Gasteiger partial charge >= 0.3 is 0 Å². The van der Waals surface area contributed by atoms with Crippen molar-refractivity contribution in [1.82, 2.24) is 4.98 Å². The van der Waals surface area contributed by atoms with Gasteiger partial charge in [-0.1, -0.05) is 24.3 Å². The van der Waals surface area contributed by atoms with Gasteiger partial charge in [-0.05, 0) is 62.1 Å². The summed E-state index contributed by atoms with van der Waals surface area (Å²) in [5, 5.41) is 1.08. The summed E-state index contributed by atoms with van der Waals surface area (Å²) in [6.45, 7) is 6.13. The third kappa shape index (κ3) is 3.44. The molecule has 1 N–H and O–H groups in total. The lowest BCUT2D eigenvalue weighted by molar-refractivity contribution is 0.482. The molecule has 1 saturated heterocycles. The van der Waals surface area contributed by atoms with E-state index < -0.39 is 0 Å². The van der Waals surface area contributed by atoms with E-state index in [1.165, 1.54) is 16.8 Å². The van der Waals surface area contributed by atoms with Crippen molar-refractivity contribution in [3.63, 3.8) is 0 Å². The minimum Gasteiger partial charge on any atom is -0.371 e. The summed E-state index contributed by atoms with van der Waals surface area (Å²) < 4.78 is 0. The van der Waals surface area contributed by atoms with Gasteiger partial charge in [-0.2, -0.15) is 0 Å². The maximum Gasteiger partial charge on any atom is 0.271 e. The molecular weight excluding hydrogens is 334 g/mol. The van der Waals surface area contributed by atoms with E-state index in [0.29, 0.717) is 6.04 Å². The van der Waals surface area contributed by atoms with Gasteiger partial charge in [0.05, 0.1) is 0 Å². The first-order valence-electron chi connectivity index (χ1n) is 9.70. The van der Waals surface area contributed by atoms with Crippen LogP contribution in [0.3, 0.4) is 0 Å². The summed E-state index contributed by atoms with van der Waals surface area (Å²) in [4.78, 5) is 20.2. The fourth-order valence-electron chi connectivity index (χ4n) is 4.02. The SMILES string of the molecule is Cc1ccc(N(C)C2CCN(c3cc4ccccc4[nH]c3=O)CC2)cc1C. The van der Waals surface area contributed by atoms with Crippen molar-refractivity contribution < 1.29 is 0 Å². The van der Waals surface area contributed by atoms with Crippen molar-refractivity contribution in [1.29, 1.82) is 0 Å². The molecule has 0 radical (unpaired) electrons. The van der Waals surface area contributed by atoms with Crippen LogP contribution >= 0.6 is 0 Å². The molecule has 2 aromatic carbocycles. The molecule has 2 heterocycles. The molecule has 0 bridgehead atoms. The Kier molecular flexibility index (Phi) is 4.65. The third-order valence-corrected chi connectivity index (χ3v) is 5.98. The molecule has 1 aliphatic heterocycles. The van der Waals surface area contributed by atoms with Crippen molar-refractivity contribution in [2.24, 2.45) is 0 Å². The number of hydrogen-bond acceptors (Lipinski definition) is 3. The number of aromatic amines is 1. The maximum absolute atomic E-state index is 12.5. The number of nitrogens with zero attached hydrogens (tertiary/aromatic N) is 2. The molecule has 4 rings (SSSR count). The number of hydrogen-bond donors (Lipinski definition) is 1. The van der Waals surface area contributed by atoms with Gasteiger partial charge in [0, 0.05) is 42.8 Å². The maximum atomic E-state index is 12.5. The number of H-pyrrole nitrogens is 1. The average molecular weight is 361 g/mol. The van der Waals surface area contributed by atoms with Crippen LogP contribution in [0.1, 0.15) is 24.0 Å². The molecule has 1 fully saturated rings. The lowest BCUT2D eigenvalue weighted by Crippen LogP contribution is -2.44. The fourth-order valence-corrected chi connectivity index (χ4v) is 4.02. The highest BCUT2D eigenvalue weighted by molar-refractivity contribution is 5.81. The molecule has 0 atom stereocenters. The predicted molar refractivity (Wildman–Crippen MR) is 114 cm³/mol. The zero-order valence-electron chi connectivity index (χ0n) is 16.3. The Morgan fingerprint density at radius 3 is 2.48 bits per heavy atom. The Morgan fingerprint density at radius 1 is 1.00 bits per heavy atom. The van der Waals surface area contributed by atoms with Crippen LogP contribution in [0, 0.1) is 13.8 Å². The molecule has 4 nitrogen and oxygen atoms in total. The highest BCUT2D eigenvalue weighted by Crippen LogP contribution is 2.26. The molecule has 0 aliphatic carbocycles. The van der Waals surface area contributed by atoms with Crippen LogP contribution in [0.15, 0.2) is 53.3 Å². The first-order valence-corrected chi connectivity index (χ1v) is 9.70. The third-order valence-electron chi connectivity index (χ3n) is 5.98. The van der Waals surface area contributed by atoms with Crippen molar-refractivity contribution in [3.8, 4) is 0 Å². The van der Waals surface area contributed by atoms with Gasteiger partial charge in [0.1, 0.15) is 5.69 Å². The Bertz CT molecular complexity index is 1020. The van der Waals surface area contributed by atoms with Crippen molar-refractivity contribution in [2.45, 2.75) is 32.7 Å². The molecule has 0 saturated carbocycles. The van der Waals surface area contributed by atoms with Gasteiger partial charge in [0.25, 0.3) is 5.56 Å². The van der Waals surface area contributed by atoms with Crippen LogP contribution in [0.2, 0.25) is 0 Å². The number of anilines is 2. The second-order valence-electron chi connectivity index (χ2n) is 7.67. The zero-order valence-corrected chi connectivity index (χ0v) is 16.3. The lowest BCUT2D eigenvalue weighted by Gasteiger charge is -2.38. The number of piperidine rings is 1. The van der Waals surface area contributed by atoms with Gasteiger partial charge in [-0.3, -0.25) is 4.79 Å². The largest absolute Gasteiger partial charge is 0.371 e. The molecule has 0 spiro atoms. The molecule has 1 aliphatic rings. The molecule has 4 heteroatoms. The van der Waals surface area contributed by atoms with E-state index >= 15 is 0 Å². The molecule has 27 heavy (non-hydrogen) atoms. The van der Waals surface area contributed by atoms with E-state index in [1.807, 2.05) is 24.3 Å². The zero-order chi connectivity index (χ0) is 19.0. The smallest absolute Gasteiger partial charge is 0.271 e. The molecular formula is C23H27N3O. The van der Waals surface area contributed by atoms with E-state index in [4.69, 9.17) is 0 Å². The fraction of sp³-hybridized carbons (Fsp3) is 0.348. The monoisotopic (exact) mass is 361 g/mol. The van der Waals surface area contributed by atoms with Crippen LogP contribution in [-0.2, 0) is 0 Å². The first kappa shape index (κ1) is 17.7. The highest BCUT2D eigenvalue weighted by Gasteiger charge is 2.24. The van der Waals surface area contributed by atoms with Crippen LogP contribution in [0.5, 0.6) is 0 Å². The van der Waals surface area contributed by atoms with E-state index in [1.54, 1.807) is 0 Å². The Balaban J connectivity index is 1.49. The topological polar surface area (TPSA) is 39.3 Å². The number of para-hydroxylation sites is 1. The van der Waals surface area contributed by atoms with Gasteiger partial charge in [0.15, 0.2) is 0 Å². The molecule has 0 unspecified atom stereocenters. The normalized spacial score (nSPS) is 15.3. The van der Waals surface area contributed by atoms with E-state index in [9.17, 15) is 4.79 Å². The summed E-state index contributed by atoms with van der Waals surface area (Å²) in [6.07, 6.45) is 2.10. The highest BCUT2D eigenvalue weighted by atomic mass is 16.1. The Morgan fingerprint density at radius 2 is 1.74 bits per heavy atom. The summed E-state index contributed by atoms with van der Waals surface area (Å²) in [5.41, 5.74) is 5.64. The number of pyridine rings is 1. The number of fused-ring (bicyclic) bond motifs is 1. The van der Waals surface area contributed by atoms with Crippen molar-refractivity contribution in [3.05, 3.63) is 70.0 Å². The quantitative estimate of drug-likeness (QED) is 0.758. The van der Waals surface area contributed by atoms with E-state index in [0.717, 1.165) is 42.5 Å². The molecule has 0 amide bonds. The van der Waals surface area contributed by atoms with E-state index in [2.05, 4.69) is 59.9 Å². The minimum atomic E-state index is 0.00895. The van der Waals surface area contributed by atoms with Crippen molar-refractivity contribution in [2.75, 3.05) is 29.9 Å². The summed E-state index contributed by atoms with van der Waals surface area (Å²) in [6, 6.07) is 17.2. The number of aryl methyl sites for hydroxylation is 2. The average Bonchev–Trinajstić information content (AvgIpc) is 2.69. The Hall–Kier alpha value is -2.75. The van der Waals surface area contributed by atoms with Crippen LogP contribution in [0.25, 0.3) is 10.9 Å². The van der Waals surface area contributed by atoms with E-state index in [-0.39, 0.29) is 5.56 Å². The second-order valence-corrected chi connectivity index (χ2v) is 7.67. The number of benzene rings is 2. The van der Waals surface area contributed by atoms with Crippen molar-refractivity contribution >= 4 is 22.3 Å².